The van der Waals surface area contributed by atoms with Crippen LogP contribution in [0.4, 0.5) is 21.8 Å². The number of rotatable bonds is 4. The zero-order valence-corrected chi connectivity index (χ0v) is 11.6. The van der Waals surface area contributed by atoms with Gasteiger partial charge in [-0.15, -0.1) is 0 Å². The van der Waals surface area contributed by atoms with Crippen molar-refractivity contribution in [1.29, 1.82) is 0 Å². The van der Waals surface area contributed by atoms with Crippen molar-refractivity contribution in [1.82, 2.24) is 9.97 Å². The lowest BCUT2D eigenvalue weighted by Gasteiger charge is -2.10. The molecule has 0 aliphatic carbocycles. The van der Waals surface area contributed by atoms with Crippen LogP contribution in [0, 0.1) is 5.82 Å². The smallest absolute Gasteiger partial charge is 0.224 e. The van der Waals surface area contributed by atoms with Gasteiger partial charge in [0.15, 0.2) is 5.82 Å². The third-order valence-electron chi connectivity index (χ3n) is 2.26. The molecule has 0 spiro atoms. The van der Waals surface area contributed by atoms with Gasteiger partial charge in [0, 0.05) is 6.54 Å². The standard InChI is InChI=1S/C12H11Cl2FN4/c1-2-16-12-17-6-9(14)11(19-12)18-10-4-3-7(15)5-8(10)13/h3-6H,2H2,1H3,(H2,16,17,18,19). The predicted octanol–water partition coefficient (Wildman–Crippen LogP) is 4.10. The first-order valence-corrected chi connectivity index (χ1v) is 6.34. The molecule has 0 aliphatic heterocycles. The fraction of sp³-hybridized carbons (Fsp3) is 0.167. The monoisotopic (exact) mass is 300 g/mol. The molecule has 0 fully saturated rings. The first-order chi connectivity index (χ1) is 9.10. The molecule has 0 saturated carbocycles. The zero-order valence-electron chi connectivity index (χ0n) is 10.0. The van der Waals surface area contributed by atoms with Crippen molar-refractivity contribution in [3.63, 3.8) is 0 Å². The molecule has 0 amide bonds. The second-order valence-corrected chi connectivity index (χ2v) is 4.48. The van der Waals surface area contributed by atoms with Gasteiger partial charge in [-0.25, -0.2) is 9.37 Å². The number of nitrogens with zero attached hydrogens (tertiary/aromatic N) is 2. The van der Waals surface area contributed by atoms with Crippen molar-refractivity contribution < 1.29 is 4.39 Å². The second kappa shape index (κ2) is 6.04. The highest BCUT2D eigenvalue weighted by molar-refractivity contribution is 6.34. The summed E-state index contributed by atoms with van der Waals surface area (Å²) < 4.78 is 13.0. The van der Waals surface area contributed by atoms with E-state index in [2.05, 4.69) is 20.6 Å². The van der Waals surface area contributed by atoms with Crippen molar-refractivity contribution in [2.45, 2.75) is 6.92 Å². The molecule has 19 heavy (non-hydrogen) atoms. The Morgan fingerprint density at radius 2 is 2.05 bits per heavy atom. The van der Waals surface area contributed by atoms with Gasteiger partial charge < -0.3 is 10.6 Å². The molecule has 2 N–H and O–H groups in total. The fourth-order valence-corrected chi connectivity index (χ4v) is 1.77. The fourth-order valence-electron chi connectivity index (χ4n) is 1.42. The number of hydrogen-bond donors (Lipinski definition) is 2. The van der Waals surface area contributed by atoms with Crippen LogP contribution in [0.1, 0.15) is 6.92 Å². The SMILES string of the molecule is CCNc1ncc(Cl)c(Nc2ccc(F)cc2Cl)n1. The highest BCUT2D eigenvalue weighted by atomic mass is 35.5. The third-order valence-corrected chi connectivity index (χ3v) is 2.85. The van der Waals surface area contributed by atoms with E-state index >= 15 is 0 Å². The molecule has 0 radical (unpaired) electrons. The van der Waals surface area contributed by atoms with Crippen LogP contribution in [-0.2, 0) is 0 Å². The predicted molar refractivity (Wildman–Crippen MR) is 75.9 cm³/mol. The maximum atomic E-state index is 13.0. The zero-order chi connectivity index (χ0) is 13.8. The summed E-state index contributed by atoms with van der Waals surface area (Å²) in [7, 11) is 0. The Balaban J connectivity index is 2.29. The van der Waals surface area contributed by atoms with Crippen LogP contribution in [0.3, 0.4) is 0 Å². The summed E-state index contributed by atoms with van der Waals surface area (Å²) in [5, 5.41) is 6.51. The van der Waals surface area contributed by atoms with Gasteiger partial charge in [0.05, 0.1) is 16.9 Å². The van der Waals surface area contributed by atoms with E-state index in [-0.39, 0.29) is 5.02 Å². The minimum atomic E-state index is -0.405. The summed E-state index contributed by atoms with van der Waals surface area (Å²) in [5.41, 5.74) is 0.520. The summed E-state index contributed by atoms with van der Waals surface area (Å²) in [6, 6.07) is 4.03. The van der Waals surface area contributed by atoms with Gasteiger partial charge in [-0.05, 0) is 25.1 Å². The Morgan fingerprint density at radius 3 is 2.74 bits per heavy atom. The van der Waals surface area contributed by atoms with Crippen molar-refractivity contribution in [2.75, 3.05) is 17.2 Å². The van der Waals surface area contributed by atoms with Crippen LogP contribution in [0.5, 0.6) is 0 Å². The van der Waals surface area contributed by atoms with E-state index in [0.29, 0.717) is 29.0 Å². The van der Waals surface area contributed by atoms with Gasteiger partial charge in [-0.2, -0.15) is 4.98 Å². The molecular weight excluding hydrogens is 290 g/mol. The van der Waals surface area contributed by atoms with E-state index in [1.807, 2.05) is 6.92 Å². The summed E-state index contributed by atoms with van der Waals surface area (Å²) in [5.74, 6) is 0.450. The first-order valence-electron chi connectivity index (χ1n) is 5.58. The molecule has 2 rings (SSSR count). The van der Waals surface area contributed by atoms with Crippen LogP contribution in [-0.4, -0.2) is 16.5 Å². The molecule has 0 aliphatic rings. The van der Waals surface area contributed by atoms with E-state index in [1.54, 1.807) is 0 Å². The quantitative estimate of drug-likeness (QED) is 0.892. The Bertz CT molecular complexity index is 592. The highest BCUT2D eigenvalue weighted by Crippen LogP contribution is 2.28. The number of anilines is 3. The van der Waals surface area contributed by atoms with Gasteiger partial charge in [-0.1, -0.05) is 23.2 Å². The summed E-state index contributed by atoms with van der Waals surface area (Å²) in [4.78, 5) is 8.22. The lowest BCUT2D eigenvalue weighted by atomic mass is 10.3. The van der Waals surface area contributed by atoms with Crippen LogP contribution in [0.2, 0.25) is 10.0 Å². The third kappa shape index (κ3) is 3.45. The molecule has 2 aromatic rings. The van der Waals surface area contributed by atoms with Crippen LogP contribution >= 0.6 is 23.2 Å². The number of hydrogen-bond acceptors (Lipinski definition) is 4. The number of aromatic nitrogens is 2. The Hall–Kier alpha value is -1.59. The molecule has 7 heteroatoms. The van der Waals surface area contributed by atoms with E-state index in [4.69, 9.17) is 23.2 Å². The Kier molecular flexibility index (Phi) is 4.39. The number of halogens is 3. The molecule has 0 unspecified atom stereocenters. The lowest BCUT2D eigenvalue weighted by molar-refractivity contribution is 0.628. The Labute approximate surface area is 120 Å². The minimum Gasteiger partial charge on any atom is -0.354 e. The summed E-state index contributed by atoms with van der Waals surface area (Å²) in [6.45, 7) is 2.63. The largest absolute Gasteiger partial charge is 0.354 e. The molecule has 0 saturated heterocycles. The second-order valence-electron chi connectivity index (χ2n) is 3.67. The maximum absolute atomic E-state index is 13.0. The number of nitrogens with one attached hydrogen (secondary N) is 2. The lowest BCUT2D eigenvalue weighted by Crippen LogP contribution is -2.04. The molecule has 1 heterocycles. The normalized spacial score (nSPS) is 10.3. The summed E-state index contributed by atoms with van der Waals surface area (Å²) in [6.07, 6.45) is 1.48. The van der Waals surface area contributed by atoms with E-state index in [0.717, 1.165) is 0 Å². The molecular formula is C12H11Cl2FN4. The van der Waals surface area contributed by atoms with Crippen molar-refractivity contribution >= 4 is 40.7 Å². The minimum absolute atomic E-state index is 0.250. The molecule has 100 valence electrons. The van der Waals surface area contributed by atoms with Crippen LogP contribution in [0.25, 0.3) is 0 Å². The molecule has 1 aromatic carbocycles. The van der Waals surface area contributed by atoms with E-state index in [9.17, 15) is 4.39 Å². The summed E-state index contributed by atoms with van der Waals surface area (Å²) >= 11 is 11.9. The topological polar surface area (TPSA) is 49.8 Å². The van der Waals surface area contributed by atoms with Gasteiger partial charge in [0.2, 0.25) is 5.95 Å². The van der Waals surface area contributed by atoms with Crippen molar-refractivity contribution in [3.05, 3.63) is 40.3 Å². The highest BCUT2D eigenvalue weighted by Gasteiger charge is 2.08. The van der Waals surface area contributed by atoms with E-state index in [1.165, 1.54) is 24.4 Å². The maximum Gasteiger partial charge on any atom is 0.224 e. The van der Waals surface area contributed by atoms with Gasteiger partial charge in [0.25, 0.3) is 0 Å². The average molecular weight is 301 g/mol. The van der Waals surface area contributed by atoms with Gasteiger partial charge in [-0.3, -0.25) is 0 Å². The van der Waals surface area contributed by atoms with Gasteiger partial charge in [0.1, 0.15) is 10.8 Å². The molecule has 1 aromatic heterocycles. The number of benzene rings is 1. The van der Waals surface area contributed by atoms with Crippen LogP contribution in [0.15, 0.2) is 24.4 Å². The average Bonchev–Trinajstić information content (AvgIpc) is 2.37. The first kappa shape index (κ1) is 13.8. The molecule has 4 nitrogen and oxygen atoms in total. The molecule has 0 bridgehead atoms. The van der Waals surface area contributed by atoms with Gasteiger partial charge >= 0.3 is 0 Å². The van der Waals surface area contributed by atoms with Crippen molar-refractivity contribution in [2.24, 2.45) is 0 Å². The van der Waals surface area contributed by atoms with Crippen molar-refractivity contribution in [3.8, 4) is 0 Å². The van der Waals surface area contributed by atoms with Crippen LogP contribution < -0.4 is 10.6 Å². The Morgan fingerprint density at radius 1 is 1.26 bits per heavy atom. The molecule has 0 atom stereocenters. The van der Waals surface area contributed by atoms with E-state index < -0.39 is 5.82 Å².